The summed E-state index contributed by atoms with van der Waals surface area (Å²) in [6, 6.07) is 18.8. The average Bonchev–Trinajstić information content (AvgIpc) is 2.95. The number of carbonyl (C=O) groups excluding carboxylic acids is 1. The van der Waals surface area contributed by atoms with Crippen molar-refractivity contribution >= 4 is 34.3 Å². The molecule has 2 amide bonds. The normalized spacial score (nSPS) is 17.0. The third-order valence-corrected chi connectivity index (χ3v) is 4.30. The smallest absolute Gasteiger partial charge is 0.307 e. The van der Waals surface area contributed by atoms with Crippen LogP contribution in [0.25, 0.3) is 0 Å². The van der Waals surface area contributed by atoms with Gasteiger partial charge in [0, 0.05) is 10.9 Å². The second kappa shape index (κ2) is 6.66. The van der Waals surface area contributed by atoms with E-state index in [9.17, 15) is 4.79 Å². The number of thioether (sulfide) groups is 1. The van der Waals surface area contributed by atoms with Gasteiger partial charge in [0.2, 0.25) is 0 Å². The molecular weight excluding hydrogens is 294 g/mol. The Bertz CT molecular complexity index is 673. The molecule has 1 atom stereocenters. The number of anilines is 2. The third-order valence-electron chi connectivity index (χ3n) is 3.22. The van der Waals surface area contributed by atoms with Crippen molar-refractivity contribution in [3.8, 4) is 0 Å². The van der Waals surface area contributed by atoms with Crippen LogP contribution < -0.4 is 10.2 Å². The van der Waals surface area contributed by atoms with Crippen LogP contribution in [-0.4, -0.2) is 23.0 Å². The van der Waals surface area contributed by atoms with Crippen LogP contribution in [0.1, 0.15) is 6.92 Å². The number of benzene rings is 2. The SMILES string of the molecule is C[C@H]1CN=C(N(C(=O)Nc2ccccc2)c2ccccc2)S1. The Hall–Kier alpha value is -2.27. The van der Waals surface area contributed by atoms with E-state index in [1.54, 1.807) is 16.7 Å². The molecule has 3 rings (SSSR count). The van der Waals surface area contributed by atoms with Crippen LogP contribution in [0, 0.1) is 0 Å². The van der Waals surface area contributed by atoms with E-state index in [0.29, 0.717) is 5.25 Å². The Kier molecular flexibility index (Phi) is 4.44. The molecule has 0 saturated carbocycles. The van der Waals surface area contributed by atoms with Crippen LogP contribution in [0.4, 0.5) is 16.2 Å². The van der Waals surface area contributed by atoms with Crippen molar-refractivity contribution in [2.45, 2.75) is 12.2 Å². The fourth-order valence-corrected chi connectivity index (χ4v) is 3.13. The van der Waals surface area contributed by atoms with Crippen LogP contribution in [0.2, 0.25) is 0 Å². The van der Waals surface area contributed by atoms with Gasteiger partial charge in [0.1, 0.15) is 0 Å². The molecule has 1 N–H and O–H groups in total. The summed E-state index contributed by atoms with van der Waals surface area (Å²) in [5, 5.41) is 4.06. The van der Waals surface area contributed by atoms with Gasteiger partial charge < -0.3 is 5.32 Å². The first kappa shape index (κ1) is 14.7. The van der Waals surface area contributed by atoms with Crippen LogP contribution in [0.15, 0.2) is 65.7 Å². The van der Waals surface area contributed by atoms with E-state index in [4.69, 9.17) is 0 Å². The molecule has 0 radical (unpaired) electrons. The lowest BCUT2D eigenvalue weighted by Crippen LogP contribution is -2.38. The minimum Gasteiger partial charge on any atom is -0.307 e. The molecule has 0 bridgehead atoms. The van der Waals surface area contributed by atoms with Crippen LogP contribution in [-0.2, 0) is 0 Å². The summed E-state index contributed by atoms with van der Waals surface area (Å²) in [7, 11) is 0. The predicted molar refractivity (Wildman–Crippen MR) is 93.7 cm³/mol. The number of urea groups is 1. The Morgan fingerprint density at radius 3 is 2.36 bits per heavy atom. The number of para-hydroxylation sites is 2. The van der Waals surface area contributed by atoms with Crippen molar-refractivity contribution in [1.29, 1.82) is 0 Å². The summed E-state index contributed by atoms with van der Waals surface area (Å²) in [6.07, 6.45) is 0. The lowest BCUT2D eigenvalue weighted by atomic mass is 10.3. The van der Waals surface area contributed by atoms with Gasteiger partial charge in [0.25, 0.3) is 0 Å². The average molecular weight is 311 g/mol. The zero-order chi connectivity index (χ0) is 15.4. The van der Waals surface area contributed by atoms with Gasteiger partial charge in [-0.2, -0.15) is 0 Å². The van der Waals surface area contributed by atoms with E-state index in [0.717, 1.165) is 23.1 Å². The Balaban J connectivity index is 1.87. The topological polar surface area (TPSA) is 44.7 Å². The zero-order valence-corrected chi connectivity index (χ0v) is 13.1. The largest absolute Gasteiger partial charge is 0.332 e. The molecule has 0 saturated heterocycles. The number of carbonyl (C=O) groups is 1. The lowest BCUT2D eigenvalue weighted by molar-refractivity contribution is 0.259. The number of amides is 2. The number of hydrogen-bond acceptors (Lipinski definition) is 3. The molecule has 1 heterocycles. The predicted octanol–water partition coefficient (Wildman–Crippen LogP) is 4.22. The Labute approximate surface area is 134 Å². The molecule has 0 unspecified atom stereocenters. The van der Waals surface area contributed by atoms with Crippen LogP contribution in [0.3, 0.4) is 0 Å². The van der Waals surface area contributed by atoms with Gasteiger partial charge in [0.05, 0.1) is 12.2 Å². The molecular formula is C17H17N3OS. The second-order valence-electron chi connectivity index (χ2n) is 5.02. The summed E-state index contributed by atoms with van der Waals surface area (Å²) >= 11 is 1.62. The summed E-state index contributed by atoms with van der Waals surface area (Å²) in [4.78, 5) is 18.9. The van der Waals surface area contributed by atoms with Gasteiger partial charge in [-0.1, -0.05) is 55.1 Å². The lowest BCUT2D eigenvalue weighted by Gasteiger charge is -2.22. The van der Waals surface area contributed by atoms with Crippen LogP contribution in [0.5, 0.6) is 0 Å². The molecule has 0 fully saturated rings. The van der Waals surface area contributed by atoms with E-state index < -0.39 is 0 Å². The quantitative estimate of drug-likeness (QED) is 0.902. The first-order valence-electron chi connectivity index (χ1n) is 7.16. The maximum Gasteiger partial charge on any atom is 0.332 e. The summed E-state index contributed by atoms with van der Waals surface area (Å²) in [5.74, 6) is 0. The minimum absolute atomic E-state index is 0.197. The highest BCUT2D eigenvalue weighted by molar-refractivity contribution is 8.15. The van der Waals surface area contributed by atoms with E-state index in [1.165, 1.54) is 0 Å². The molecule has 5 heteroatoms. The number of nitrogens with zero attached hydrogens (tertiary/aromatic N) is 2. The fraction of sp³-hybridized carbons (Fsp3) is 0.176. The minimum atomic E-state index is -0.197. The van der Waals surface area contributed by atoms with Gasteiger partial charge in [0.15, 0.2) is 5.17 Å². The van der Waals surface area contributed by atoms with Crippen molar-refractivity contribution in [1.82, 2.24) is 0 Å². The maximum atomic E-state index is 12.7. The van der Waals surface area contributed by atoms with E-state index >= 15 is 0 Å². The number of amidine groups is 1. The van der Waals surface area contributed by atoms with Crippen LogP contribution >= 0.6 is 11.8 Å². The first-order chi connectivity index (χ1) is 10.7. The number of nitrogens with one attached hydrogen (secondary N) is 1. The molecule has 0 spiro atoms. The summed E-state index contributed by atoms with van der Waals surface area (Å²) in [6.45, 7) is 2.85. The van der Waals surface area contributed by atoms with Gasteiger partial charge in [-0.3, -0.25) is 4.99 Å². The molecule has 0 aromatic heterocycles. The van der Waals surface area contributed by atoms with E-state index in [-0.39, 0.29) is 6.03 Å². The van der Waals surface area contributed by atoms with Gasteiger partial charge >= 0.3 is 6.03 Å². The van der Waals surface area contributed by atoms with E-state index in [1.807, 2.05) is 60.7 Å². The third kappa shape index (κ3) is 3.31. The van der Waals surface area contributed by atoms with Crippen molar-refractivity contribution in [3.63, 3.8) is 0 Å². The Morgan fingerprint density at radius 2 is 1.77 bits per heavy atom. The maximum absolute atomic E-state index is 12.7. The second-order valence-corrected chi connectivity index (χ2v) is 6.42. The molecule has 1 aliphatic rings. The van der Waals surface area contributed by atoms with Gasteiger partial charge in [-0.25, -0.2) is 9.69 Å². The van der Waals surface area contributed by atoms with Crippen molar-refractivity contribution < 1.29 is 4.79 Å². The first-order valence-corrected chi connectivity index (χ1v) is 8.04. The van der Waals surface area contributed by atoms with E-state index in [2.05, 4.69) is 17.2 Å². The molecule has 0 aliphatic carbocycles. The highest BCUT2D eigenvalue weighted by Crippen LogP contribution is 2.27. The molecule has 2 aromatic carbocycles. The highest BCUT2D eigenvalue weighted by Gasteiger charge is 2.27. The molecule has 4 nitrogen and oxygen atoms in total. The zero-order valence-electron chi connectivity index (χ0n) is 12.3. The summed E-state index contributed by atoms with van der Waals surface area (Å²) in [5.41, 5.74) is 1.58. The fourth-order valence-electron chi connectivity index (χ4n) is 2.18. The molecule has 112 valence electrons. The summed E-state index contributed by atoms with van der Waals surface area (Å²) < 4.78 is 0. The van der Waals surface area contributed by atoms with Crippen molar-refractivity contribution in [2.24, 2.45) is 4.99 Å². The number of hydrogen-bond donors (Lipinski definition) is 1. The number of rotatable bonds is 2. The monoisotopic (exact) mass is 311 g/mol. The number of aliphatic imine (C=N–C) groups is 1. The van der Waals surface area contributed by atoms with Gasteiger partial charge in [-0.05, 0) is 24.3 Å². The molecule has 1 aliphatic heterocycles. The highest BCUT2D eigenvalue weighted by atomic mass is 32.2. The molecule has 2 aromatic rings. The molecule has 22 heavy (non-hydrogen) atoms. The van der Waals surface area contributed by atoms with Crippen molar-refractivity contribution in [2.75, 3.05) is 16.8 Å². The standard InChI is InChI=1S/C17H17N3OS/c1-13-12-18-17(22-13)20(15-10-6-3-7-11-15)16(21)19-14-8-4-2-5-9-14/h2-11,13H,12H2,1H3,(H,19,21)/t13-/m0/s1. The van der Waals surface area contributed by atoms with Gasteiger partial charge in [-0.15, -0.1) is 0 Å². The van der Waals surface area contributed by atoms with Crippen molar-refractivity contribution in [3.05, 3.63) is 60.7 Å². The Morgan fingerprint density at radius 1 is 1.14 bits per heavy atom.